The minimum atomic E-state index is -0.159. The number of hydrogen-bond acceptors (Lipinski definition) is 3. The molecule has 0 aliphatic heterocycles. The van der Waals surface area contributed by atoms with E-state index in [1.165, 1.54) is 0 Å². The van der Waals surface area contributed by atoms with Gasteiger partial charge in [0, 0.05) is 24.5 Å². The van der Waals surface area contributed by atoms with Crippen molar-refractivity contribution in [3.8, 4) is 0 Å². The first-order valence-corrected chi connectivity index (χ1v) is 7.66. The molecular weight excluding hydrogens is 276 g/mol. The number of nitrogens with two attached hydrogens (primary N) is 2. The van der Waals surface area contributed by atoms with Gasteiger partial charge in [-0.05, 0) is 42.9 Å². The Morgan fingerprint density at radius 1 is 1.09 bits per heavy atom. The Morgan fingerprint density at radius 3 is 2.55 bits per heavy atom. The highest BCUT2D eigenvalue weighted by Crippen LogP contribution is 2.16. The molecular formula is C17H24N4O. The zero-order chi connectivity index (χ0) is 15.8. The number of hydrogen-bond donors (Lipinski definition) is 4. The lowest BCUT2D eigenvalue weighted by atomic mass is 10.0. The predicted molar refractivity (Wildman–Crippen MR) is 90.2 cm³/mol. The second-order valence-electron chi connectivity index (χ2n) is 5.37. The van der Waals surface area contributed by atoms with Crippen LogP contribution in [-0.4, -0.2) is 19.1 Å². The molecule has 0 unspecified atom stereocenters. The maximum Gasteiger partial charge on any atom is 0.314 e. The van der Waals surface area contributed by atoms with Crippen LogP contribution in [0.4, 0.5) is 10.5 Å². The highest BCUT2D eigenvalue weighted by molar-refractivity contribution is 5.73. The van der Waals surface area contributed by atoms with Crippen molar-refractivity contribution in [3.63, 3.8) is 0 Å². The lowest BCUT2D eigenvalue weighted by Gasteiger charge is -2.13. The first-order valence-electron chi connectivity index (χ1n) is 7.66. The highest BCUT2D eigenvalue weighted by atomic mass is 16.2. The molecule has 0 spiro atoms. The number of urea groups is 1. The van der Waals surface area contributed by atoms with Crippen molar-refractivity contribution in [3.05, 3.63) is 53.3 Å². The molecule has 1 aliphatic carbocycles. The molecule has 2 amide bonds. The molecule has 0 fully saturated rings. The summed E-state index contributed by atoms with van der Waals surface area (Å²) in [5.41, 5.74) is 15.7. The van der Waals surface area contributed by atoms with E-state index in [1.807, 2.05) is 24.3 Å². The normalized spacial score (nSPS) is 14.0. The molecule has 0 radical (unpaired) electrons. The molecule has 118 valence electrons. The van der Waals surface area contributed by atoms with Gasteiger partial charge in [0.2, 0.25) is 0 Å². The molecule has 2 rings (SSSR count). The van der Waals surface area contributed by atoms with E-state index in [9.17, 15) is 4.79 Å². The number of carbonyl (C=O) groups excluding carboxylic acids is 1. The van der Waals surface area contributed by atoms with Gasteiger partial charge in [0.05, 0.1) is 0 Å². The second kappa shape index (κ2) is 8.12. The molecule has 1 aromatic carbocycles. The van der Waals surface area contributed by atoms with E-state index in [0.717, 1.165) is 48.2 Å². The van der Waals surface area contributed by atoms with Crippen LogP contribution in [0.1, 0.15) is 24.8 Å². The Balaban J connectivity index is 1.64. The van der Waals surface area contributed by atoms with Gasteiger partial charge in [-0.2, -0.15) is 0 Å². The van der Waals surface area contributed by atoms with Crippen molar-refractivity contribution in [1.29, 1.82) is 0 Å². The molecule has 0 aromatic heterocycles. The summed E-state index contributed by atoms with van der Waals surface area (Å²) in [6, 6.07) is 7.53. The Bertz CT molecular complexity index is 578. The fourth-order valence-electron chi connectivity index (χ4n) is 2.42. The van der Waals surface area contributed by atoms with Gasteiger partial charge >= 0.3 is 6.03 Å². The maximum atomic E-state index is 11.7. The molecule has 0 saturated carbocycles. The summed E-state index contributed by atoms with van der Waals surface area (Å²) in [5, 5.41) is 5.68. The largest absolute Gasteiger partial charge is 0.402 e. The monoisotopic (exact) mass is 300 g/mol. The van der Waals surface area contributed by atoms with E-state index in [4.69, 9.17) is 11.5 Å². The van der Waals surface area contributed by atoms with Crippen LogP contribution in [0.15, 0.2) is 47.7 Å². The number of carbonyl (C=O) groups is 1. The topological polar surface area (TPSA) is 93.2 Å². The minimum absolute atomic E-state index is 0.159. The lowest BCUT2D eigenvalue weighted by Crippen LogP contribution is -2.37. The number of anilines is 1. The van der Waals surface area contributed by atoms with Crippen molar-refractivity contribution >= 4 is 11.7 Å². The van der Waals surface area contributed by atoms with Crippen LogP contribution in [-0.2, 0) is 6.42 Å². The fourth-order valence-corrected chi connectivity index (χ4v) is 2.42. The van der Waals surface area contributed by atoms with Crippen LogP contribution < -0.4 is 22.1 Å². The number of allylic oxidation sites excluding steroid dienone is 3. The summed E-state index contributed by atoms with van der Waals surface area (Å²) in [7, 11) is 0. The Labute approximate surface area is 131 Å². The molecule has 22 heavy (non-hydrogen) atoms. The smallest absolute Gasteiger partial charge is 0.314 e. The number of para-hydroxylation sites is 1. The van der Waals surface area contributed by atoms with E-state index < -0.39 is 0 Å². The maximum absolute atomic E-state index is 11.7. The second-order valence-corrected chi connectivity index (χ2v) is 5.37. The van der Waals surface area contributed by atoms with Crippen molar-refractivity contribution < 1.29 is 4.79 Å². The quantitative estimate of drug-likeness (QED) is 0.606. The van der Waals surface area contributed by atoms with Crippen molar-refractivity contribution in [2.24, 2.45) is 5.73 Å². The molecule has 1 aromatic rings. The average Bonchev–Trinajstić information content (AvgIpc) is 2.51. The van der Waals surface area contributed by atoms with Gasteiger partial charge in [0.15, 0.2) is 0 Å². The van der Waals surface area contributed by atoms with Crippen LogP contribution in [0.3, 0.4) is 0 Å². The van der Waals surface area contributed by atoms with Gasteiger partial charge in [-0.3, -0.25) is 0 Å². The van der Waals surface area contributed by atoms with E-state index in [0.29, 0.717) is 13.1 Å². The Kier molecular flexibility index (Phi) is 5.89. The van der Waals surface area contributed by atoms with Gasteiger partial charge in [-0.25, -0.2) is 4.79 Å². The predicted octanol–water partition coefficient (Wildman–Crippen LogP) is 2.06. The number of rotatable bonds is 6. The molecule has 0 saturated heterocycles. The third kappa shape index (κ3) is 4.84. The van der Waals surface area contributed by atoms with Crippen molar-refractivity contribution in [2.75, 3.05) is 18.8 Å². The van der Waals surface area contributed by atoms with Crippen LogP contribution in [0, 0.1) is 0 Å². The van der Waals surface area contributed by atoms with Crippen LogP contribution in [0.5, 0.6) is 0 Å². The standard InChI is InChI=1S/C17H24N4O/c18-15-7-3-1-5-13(15)9-11-20-17(22)21-12-10-14-6-2-4-8-16(14)19/h1-3,5-7H,4,8-12,18-19H2,(H2,20,21,22). The number of benzene rings is 1. The molecule has 0 atom stereocenters. The molecule has 0 bridgehead atoms. The van der Waals surface area contributed by atoms with Crippen LogP contribution in [0.25, 0.3) is 0 Å². The molecule has 5 nitrogen and oxygen atoms in total. The van der Waals surface area contributed by atoms with E-state index in [1.54, 1.807) is 0 Å². The number of nitrogen functional groups attached to an aromatic ring is 1. The first kappa shape index (κ1) is 15.9. The van der Waals surface area contributed by atoms with Crippen molar-refractivity contribution in [2.45, 2.75) is 25.7 Å². The molecule has 0 heterocycles. The average molecular weight is 300 g/mol. The number of amides is 2. The lowest BCUT2D eigenvalue weighted by molar-refractivity contribution is 0.241. The molecule has 5 heteroatoms. The zero-order valence-electron chi connectivity index (χ0n) is 12.8. The van der Waals surface area contributed by atoms with Crippen molar-refractivity contribution in [1.82, 2.24) is 10.6 Å². The van der Waals surface area contributed by atoms with E-state index in [-0.39, 0.29) is 6.03 Å². The van der Waals surface area contributed by atoms with E-state index in [2.05, 4.69) is 22.8 Å². The molecule has 1 aliphatic rings. The third-order valence-corrected chi connectivity index (χ3v) is 3.73. The fraction of sp³-hybridized carbons (Fsp3) is 0.353. The highest BCUT2D eigenvalue weighted by Gasteiger charge is 2.06. The summed E-state index contributed by atoms with van der Waals surface area (Å²) in [4.78, 5) is 11.7. The summed E-state index contributed by atoms with van der Waals surface area (Å²) in [6.45, 7) is 1.14. The third-order valence-electron chi connectivity index (χ3n) is 3.73. The molecule has 6 N–H and O–H groups in total. The van der Waals surface area contributed by atoms with Crippen LogP contribution in [0.2, 0.25) is 0 Å². The minimum Gasteiger partial charge on any atom is -0.402 e. The summed E-state index contributed by atoms with van der Waals surface area (Å²) in [5.74, 6) is 0. The first-order chi connectivity index (χ1) is 10.7. The van der Waals surface area contributed by atoms with Gasteiger partial charge in [-0.1, -0.05) is 30.4 Å². The number of nitrogens with one attached hydrogen (secondary N) is 2. The SMILES string of the molecule is NC1=C(CCNC(=O)NCCc2ccccc2N)C=CCC1. The summed E-state index contributed by atoms with van der Waals surface area (Å²) < 4.78 is 0. The van der Waals surface area contributed by atoms with Gasteiger partial charge in [-0.15, -0.1) is 0 Å². The summed E-state index contributed by atoms with van der Waals surface area (Å²) in [6.07, 6.45) is 7.58. The Hall–Kier alpha value is -2.43. The van der Waals surface area contributed by atoms with Gasteiger partial charge in [0.1, 0.15) is 0 Å². The van der Waals surface area contributed by atoms with Gasteiger partial charge < -0.3 is 22.1 Å². The zero-order valence-corrected chi connectivity index (χ0v) is 12.8. The van der Waals surface area contributed by atoms with Gasteiger partial charge in [0.25, 0.3) is 0 Å². The summed E-state index contributed by atoms with van der Waals surface area (Å²) >= 11 is 0. The van der Waals surface area contributed by atoms with Crippen LogP contribution >= 0.6 is 0 Å². The van der Waals surface area contributed by atoms with E-state index >= 15 is 0 Å². The Morgan fingerprint density at radius 2 is 1.82 bits per heavy atom.